The predicted octanol–water partition coefficient (Wildman–Crippen LogP) is 2.72. The van der Waals surface area contributed by atoms with Crippen LogP contribution in [0.5, 0.6) is 11.5 Å². The minimum Gasteiger partial charge on any atom is -0.455 e. The van der Waals surface area contributed by atoms with Crippen LogP contribution in [0.1, 0.15) is 0 Å². The van der Waals surface area contributed by atoms with Gasteiger partial charge < -0.3 is 4.74 Å². The van der Waals surface area contributed by atoms with Crippen LogP contribution in [-0.2, 0) is 10.2 Å². The molecule has 0 N–H and O–H groups in total. The van der Waals surface area contributed by atoms with E-state index in [-0.39, 0.29) is 0 Å². The van der Waals surface area contributed by atoms with E-state index >= 15 is 0 Å². The van der Waals surface area contributed by atoms with Crippen LogP contribution < -0.4 is 9.04 Å². The number of ether oxygens (including phenoxy) is 1. The van der Waals surface area contributed by atoms with Gasteiger partial charge in [-0.2, -0.15) is 12.7 Å². The van der Waals surface area contributed by atoms with E-state index in [2.05, 4.69) is 0 Å². The van der Waals surface area contributed by atoms with Crippen LogP contribution in [0, 0.1) is 0 Å². The van der Waals surface area contributed by atoms with Crippen LogP contribution in [0.25, 0.3) is 0 Å². The predicted molar refractivity (Wildman–Crippen MR) is 84.0 cm³/mol. The summed E-state index contributed by atoms with van der Waals surface area (Å²) in [4.78, 5) is 0. The molecule has 0 aliphatic rings. The van der Waals surface area contributed by atoms with Gasteiger partial charge in [0.2, 0.25) is 0 Å². The van der Waals surface area contributed by atoms with Crippen molar-refractivity contribution in [3.05, 3.63) is 54.6 Å². The molecule has 2 rings (SSSR count). The Morgan fingerprint density at radius 1 is 0.857 bits per heavy atom. The summed E-state index contributed by atoms with van der Waals surface area (Å²) in [6, 6.07) is 16.3. The van der Waals surface area contributed by atoms with E-state index in [0.29, 0.717) is 17.2 Å². The maximum Gasteiger partial charge on any atom is 0.303 e. The van der Waals surface area contributed by atoms with E-state index in [1.165, 1.54) is 25.4 Å². The van der Waals surface area contributed by atoms with Crippen molar-refractivity contribution < 1.29 is 13.2 Å². The molecule has 0 radical (unpaired) electrons. The van der Waals surface area contributed by atoms with Gasteiger partial charge >= 0.3 is 10.2 Å². The number of benzene rings is 2. The quantitative estimate of drug-likeness (QED) is 0.853. The van der Waals surface area contributed by atoms with E-state index in [1.807, 2.05) is 30.3 Å². The van der Waals surface area contributed by atoms with Crippen molar-refractivity contribution in [3.8, 4) is 11.5 Å². The molecule has 0 aliphatic carbocycles. The number of hydrogen-bond donors (Lipinski definition) is 0. The number of para-hydroxylation sites is 3. The highest BCUT2D eigenvalue weighted by Crippen LogP contribution is 2.32. The average molecular weight is 306 g/mol. The van der Waals surface area contributed by atoms with Crippen LogP contribution in [0.4, 0.5) is 5.69 Å². The van der Waals surface area contributed by atoms with Gasteiger partial charge in [-0.1, -0.05) is 30.3 Å². The molecular formula is C15H18N2O3S. The van der Waals surface area contributed by atoms with Gasteiger partial charge in [0.05, 0.1) is 5.69 Å². The van der Waals surface area contributed by atoms with Crippen LogP contribution >= 0.6 is 0 Å². The molecule has 0 bridgehead atoms. The lowest BCUT2D eigenvalue weighted by Crippen LogP contribution is -2.37. The third kappa shape index (κ3) is 3.34. The monoisotopic (exact) mass is 306 g/mol. The van der Waals surface area contributed by atoms with E-state index < -0.39 is 10.2 Å². The molecule has 0 aromatic heterocycles. The van der Waals surface area contributed by atoms with E-state index in [0.717, 1.165) is 4.31 Å². The third-order valence-corrected chi connectivity index (χ3v) is 4.79. The number of hydrogen-bond acceptors (Lipinski definition) is 3. The van der Waals surface area contributed by atoms with Gasteiger partial charge in [-0.3, -0.25) is 4.31 Å². The second kappa shape index (κ2) is 6.15. The van der Waals surface area contributed by atoms with E-state index in [1.54, 1.807) is 24.3 Å². The number of rotatable bonds is 5. The molecule has 112 valence electrons. The first-order chi connectivity index (χ1) is 9.93. The van der Waals surface area contributed by atoms with E-state index in [9.17, 15) is 8.42 Å². The fourth-order valence-corrected chi connectivity index (χ4v) is 2.68. The van der Waals surface area contributed by atoms with Crippen molar-refractivity contribution in [2.75, 3.05) is 25.4 Å². The molecule has 0 saturated heterocycles. The molecule has 0 amide bonds. The Hall–Kier alpha value is -2.05. The smallest absolute Gasteiger partial charge is 0.303 e. The zero-order chi connectivity index (χ0) is 15.5. The summed E-state index contributed by atoms with van der Waals surface area (Å²) in [7, 11) is 0.930. The summed E-state index contributed by atoms with van der Waals surface area (Å²) in [5.74, 6) is 1.14. The first-order valence-corrected chi connectivity index (χ1v) is 7.81. The summed E-state index contributed by atoms with van der Waals surface area (Å²) >= 11 is 0. The first kappa shape index (κ1) is 15.3. The molecule has 21 heavy (non-hydrogen) atoms. The number of nitrogens with zero attached hydrogens (tertiary/aromatic N) is 2. The molecule has 0 aliphatic heterocycles. The van der Waals surface area contributed by atoms with Gasteiger partial charge in [0.1, 0.15) is 5.75 Å². The first-order valence-electron chi connectivity index (χ1n) is 6.41. The van der Waals surface area contributed by atoms with Crippen molar-refractivity contribution in [2.45, 2.75) is 0 Å². The summed E-state index contributed by atoms with van der Waals surface area (Å²) in [5.41, 5.74) is 0.482. The van der Waals surface area contributed by atoms with Gasteiger partial charge in [-0.25, -0.2) is 0 Å². The summed E-state index contributed by atoms with van der Waals surface area (Å²) in [6.07, 6.45) is 0. The molecule has 2 aromatic rings. The SMILES string of the molecule is CN(C)S(=O)(=O)N(C)c1ccccc1Oc1ccccc1. The van der Waals surface area contributed by atoms with Gasteiger partial charge in [0.15, 0.2) is 5.75 Å². The molecule has 0 atom stereocenters. The summed E-state index contributed by atoms with van der Waals surface area (Å²) in [6.45, 7) is 0. The Morgan fingerprint density at radius 3 is 2.05 bits per heavy atom. The zero-order valence-corrected chi connectivity index (χ0v) is 13.0. The minimum absolute atomic E-state index is 0.482. The van der Waals surface area contributed by atoms with Gasteiger partial charge in [0.25, 0.3) is 0 Å². The average Bonchev–Trinajstić information content (AvgIpc) is 2.48. The Bertz CT molecular complexity index is 700. The Morgan fingerprint density at radius 2 is 1.43 bits per heavy atom. The minimum atomic E-state index is -3.56. The molecule has 0 saturated carbocycles. The second-order valence-corrected chi connectivity index (χ2v) is 6.81. The van der Waals surface area contributed by atoms with Gasteiger partial charge in [-0.05, 0) is 24.3 Å². The molecule has 0 heterocycles. The lowest BCUT2D eigenvalue weighted by Gasteiger charge is -2.25. The van der Waals surface area contributed by atoms with Crippen molar-refractivity contribution in [1.29, 1.82) is 0 Å². The Balaban J connectivity index is 2.38. The van der Waals surface area contributed by atoms with Crippen LogP contribution in [0.15, 0.2) is 54.6 Å². The van der Waals surface area contributed by atoms with Crippen LogP contribution in [0.2, 0.25) is 0 Å². The fraction of sp³-hybridized carbons (Fsp3) is 0.200. The highest BCUT2D eigenvalue weighted by molar-refractivity contribution is 7.90. The van der Waals surface area contributed by atoms with Crippen molar-refractivity contribution >= 4 is 15.9 Å². The topological polar surface area (TPSA) is 49.9 Å². The molecule has 5 nitrogen and oxygen atoms in total. The Kier molecular flexibility index (Phi) is 4.50. The van der Waals surface area contributed by atoms with Gasteiger partial charge in [0, 0.05) is 21.1 Å². The molecular weight excluding hydrogens is 288 g/mol. The molecule has 6 heteroatoms. The van der Waals surface area contributed by atoms with Gasteiger partial charge in [-0.15, -0.1) is 0 Å². The fourth-order valence-electron chi connectivity index (χ4n) is 1.79. The lowest BCUT2D eigenvalue weighted by atomic mass is 10.3. The highest BCUT2D eigenvalue weighted by Gasteiger charge is 2.23. The third-order valence-electron chi connectivity index (χ3n) is 2.98. The van der Waals surface area contributed by atoms with Crippen molar-refractivity contribution in [3.63, 3.8) is 0 Å². The maximum atomic E-state index is 12.2. The largest absolute Gasteiger partial charge is 0.455 e. The van der Waals surface area contributed by atoms with Crippen molar-refractivity contribution in [1.82, 2.24) is 4.31 Å². The lowest BCUT2D eigenvalue weighted by molar-refractivity contribution is 0.481. The second-order valence-electron chi connectivity index (χ2n) is 4.64. The maximum absolute atomic E-state index is 12.2. The summed E-state index contributed by atoms with van der Waals surface area (Å²) in [5, 5.41) is 0. The summed E-state index contributed by atoms with van der Waals surface area (Å²) < 4.78 is 32.6. The van der Waals surface area contributed by atoms with Crippen LogP contribution in [0.3, 0.4) is 0 Å². The molecule has 0 fully saturated rings. The molecule has 0 unspecified atom stereocenters. The van der Waals surface area contributed by atoms with Crippen LogP contribution in [-0.4, -0.2) is 33.9 Å². The highest BCUT2D eigenvalue weighted by atomic mass is 32.2. The standard InChI is InChI=1S/C15H18N2O3S/c1-16(2)21(18,19)17(3)14-11-7-8-12-15(14)20-13-9-5-4-6-10-13/h4-12H,1-3H3. The van der Waals surface area contributed by atoms with Crippen molar-refractivity contribution in [2.24, 2.45) is 0 Å². The molecule has 0 spiro atoms. The molecule has 2 aromatic carbocycles. The zero-order valence-electron chi connectivity index (χ0n) is 12.2. The number of anilines is 1. The van der Waals surface area contributed by atoms with E-state index in [4.69, 9.17) is 4.74 Å². The normalized spacial score (nSPS) is 11.4. The Labute approximate surface area is 125 Å².